The maximum atomic E-state index is 12.8. The fourth-order valence-corrected chi connectivity index (χ4v) is 4.11. The summed E-state index contributed by atoms with van der Waals surface area (Å²) in [5, 5.41) is 0. The highest BCUT2D eigenvalue weighted by molar-refractivity contribution is 6.22. The zero-order chi connectivity index (χ0) is 23.4. The molecular weight excluding hydrogens is 422 g/mol. The smallest absolute Gasteiger partial charge is 0.338 e. The Kier molecular flexibility index (Phi) is 6.99. The second-order valence-corrected chi connectivity index (χ2v) is 8.42. The van der Waals surface area contributed by atoms with Gasteiger partial charge in [-0.25, -0.2) is 4.79 Å². The lowest BCUT2D eigenvalue weighted by atomic mass is 10.0. The highest BCUT2D eigenvalue weighted by Crippen LogP contribution is 2.26. The van der Waals surface area contributed by atoms with Crippen LogP contribution in [0, 0.1) is 0 Å². The lowest BCUT2D eigenvalue weighted by molar-refractivity contribution is 0.0473. The van der Waals surface area contributed by atoms with E-state index in [1.54, 1.807) is 12.1 Å². The first-order chi connectivity index (χ1) is 16.0. The van der Waals surface area contributed by atoms with E-state index in [0.717, 1.165) is 37.7 Å². The molecule has 2 amide bonds. The second kappa shape index (κ2) is 10.1. The fourth-order valence-electron chi connectivity index (χ4n) is 4.11. The van der Waals surface area contributed by atoms with Gasteiger partial charge in [0.1, 0.15) is 0 Å². The average molecular weight is 450 g/mol. The molecule has 2 aromatic rings. The summed E-state index contributed by atoms with van der Waals surface area (Å²) in [5.74, 6) is -1.86. The Balaban J connectivity index is 1.37. The molecule has 0 N–H and O–H groups in total. The van der Waals surface area contributed by atoms with Gasteiger partial charge in [0.05, 0.1) is 29.3 Å². The third-order valence-corrected chi connectivity index (χ3v) is 6.05. The van der Waals surface area contributed by atoms with Crippen molar-refractivity contribution in [3.05, 3.63) is 70.3 Å². The molecule has 33 heavy (non-hydrogen) atoms. The van der Waals surface area contributed by atoms with Gasteiger partial charge < -0.3 is 9.47 Å². The van der Waals surface area contributed by atoms with Crippen LogP contribution in [-0.4, -0.2) is 54.3 Å². The normalized spacial score (nSPS) is 17.4. The monoisotopic (exact) mass is 449 g/mol. The van der Waals surface area contributed by atoms with Gasteiger partial charge in [-0.1, -0.05) is 37.6 Å². The Morgan fingerprint density at radius 2 is 1.76 bits per heavy atom. The van der Waals surface area contributed by atoms with Gasteiger partial charge in [0.15, 0.2) is 12.4 Å². The summed E-state index contributed by atoms with van der Waals surface area (Å²) < 4.78 is 10.7. The number of hydrogen-bond donors (Lipinski definition) is 0. The number of benzene rings is 2. The minimum absolute atomic E-state index is 0.122. The van der Waals surface area contributed by atoms with Crippen LogP contribution in [0.15, 0.2) is 42.5 Å². The number of fused-ring (bicyclic) bond motifs is 1. The first-order valence-electron chi connectivity index (χ1n) is 11.4. The molecule has 0 aromatic heterocycles. The number of nitrogens with zero attached hydrogens (tertiary/aromatic N) is 1. The number of amides is 2. The van der Waals surface area contributed by atoms with Crippen LogP contribution in [0.3, 0.4) is 0 Å². The van der Waals surface area contributed by atoms with Gasteiger partial charge in [-0.15, -0.1) is 0 Å². The third kappa shape index (κ3) is 5.03. The van der Waals surface area contributed by atoms with Gasteiger partial charge in [0.2, 0.25) is 0 Å². The van der Waals surface area contributed by atoms with Crippen LogP contribution in [0.1, 0.15) is 79.6 Å². The summed E-state index contributed by atoms with van der Waals surface area (Å²) in [7, 11) is 0. The quantitative estimate of drug-likeness (QED) is 0.328. The number of imide groups is 1. The van der Waals surface area contributed by atoms with Gasteiger partial charge in [-0.3, -0.25) is 19.3 Å². The van der Waals surface area contributed by atoms with Gasteiger partial charge in [0, 0.05) is 12.2 Å². The number of unbranched alkanes of at least 4 members (excludes halogenated alkanes) is 1. The van der Waals surface area contributed by atoms with E-state index in [1.807, 2.05) is 12.1 Å². The number of ether oxygens (including phenoxy) is 2. The topological polar surface area (TPSA) is 90.0 Å². The number of Topliss-reactive ketones (excluding diaryl/α,β-unsaturated/α-hetero) is 1. The molecule has 2 aliphatic heterocycles. The number of ketones is 1. The first-order valence-corrected chi connectivity index (χ1v) is 11.4. The van der Waals surface area contributed by atoms with Crippen LogP contribution in [-0.2, 0) is 15.9 Å². The summed E-state index contributed by atoms with van der Waals surface area (Å²) in [6.07, 6.45) is 4.72. The first kappa shape index (κ1) is 22.9. The van der Waals surface area contributed by atoms with E-state index in [1.165, 1.54) is 23.1 Å². The van der Waals surface area contributed by atoms with Crippen molar-refractivity contribution < 1.29 is 28.7 Å². The maximum absolute atomic E-state index is 12.8. The summed E-state index contributed by atoms with van der Waals surface area (Å²) >= 11 is 0. The van der Waals surface area contributed by atoms with Crippen molar-refractivity contribution in [1.29, 1.82) is 0 Å². The molecule has 0 radical (unpaired) electrons. The Morgan fingerprint density at radius 1 is 1.03 bits per heavy atom. The van der Waals surface area contributed by atoms with Crippen LogP contribution in [0.5, 0.6) is 0 Å². The second-order valence-electron chi connectivity index (χ2n) is 8.42. The fraction of sp³-hybridized carbons (Fsp3) is 0.385. The van der Waals surface area contributed by atoms with E-state index in [2.05, 4.69) is 6.92 Å². The van der Waals surface area contributed by atoms with E-state index in [-0.39, 0.29) is 41.0 Å². The molecule has 2 heterocycles. The Hall–Kier alpha value is -3.32. The van der Waals surface area contributed by atoms with Crippen molar-refractivity contribution in [3.63, 3.8) is 0 Å². The lowest BCUT2D eigenvalue weighted by Gasteiger charge is -2.17. The molecule has 0 saturated carbocycles. The van der Waals surface area contributed by atoms with E-state index in [9.17, 15) is 19.2 Å². The number of carbonyl (C=O) groups excluding carboxylic acids is 4. The van der Waals surface area contributed by atoms with Crippen LogP contribution in [0.4, 0.5) is 0 Å². The molecule has 1 fully saturated rings. The Bertz CT molecular complexity index is 1070. The highest BCUT2D eigenvalue weighted by Gasteiger charge is 2.38. The lowest BCUT2D eigenvalue weighted by Crippen LogP contribution is -2.36. The van der Waals surface area contributed by atoms with Crippen molar-refractivity contribution in [1.82, 2.24) is 4.90 Å². The van der Waals surface area contributed by atoms with Crippen LogP contribution in [0.2, 0.25) is 0 Å². The standard InChI is InChI=1S/C26H27NO6/c1-2-3-5-17-7-9-18(10-8-17)23(28)16-33-26(31)19-11-12-21-22(14-19)25(30)27(24(21)29)15-20-6-4-13-32-20/h7-12,14,20H,2-6,13,15-16H2,1H3. The predicted octanol–water partition coefficient (Wildman–Crippen LogP) is 3.84. The number of aryl methyl sites for hydroxylation is 1. The largest absolute Gasteiger partial charge is 0.454 e. The molecule has 4 rings (SSSR count). The van der Waals surface area contributed by atoms with Crippen molar-refractivity contribution in [2.75, 3.05) is 19.8 Å². The van der Waals surface area contributed by atoms with Crippen LogP contribution < -0.4 is 0 Å². The number of esters is 1. The zero-order valence-electron chi connectivity index (χ0n) is 18.7. The summed E-state index contributed by atoms with van der Waals surface area (Å²) in [4.78, 5) is 51.4. The van der Waals surface area contributed by atoms with Crippen LogP contribution >= 0.6 is 0 Å². The molecule has 0 spiro atoms. The molecule has 7 heteroatoms. The molecule has 1 atom stereocenters. The molecule has 0 bridgehead atoms. The average Bonchev–Trinajstić information content (AvgIpc) is 3.44. The minimum Gasteiger partial charge on any atom is -0.454 e. The van der Waals surface area contributed by atoms with Gasteiger partial charge in [-0.05, 0) is 49.4 Å². The van der Waals surface area contributed by atoms with Gasteiger partial charge >= 0.3 is 5.97 Å². The van der Waals surface area contributed by atoms with Crippen molar-refractivity contribution in [2.45, 2.75) is 45.1 Å². The maximum Gasteiger partial charge on any atom is 0.338 e. The Morgan fingerprint density at radius 3 is 2.45 bits per heavy atom. The summed E-state index contributed by atoms with van der Waals surface area (Å²) in [6, 6.07) is 11.6. The molecule has 7 nitrogen and oxygen atoms in total. The van der Waals surface area contributed by atoms with Crippen molar-refractivity contribution in [3.8, 4) is 0 Å². The zero-order valence-corrected chi connectivity index (χ0v) is 18.7. The molecule has 2 aromatic carbocycles. The van der Waals surface area contributed by atoms with Crippen molar-refractivity contribution >= 4 is 23.6 Å². The van der Waals surface area contributed by atoms with E-state index in [0.29, 0.717) is 12.2 Å². The molecule has 2 aliphatic rings. The minimum atomic E-state index is -0.719. The molecule has 1 unspecified atom stereocenters. The molecular formula is C26H27NO6. The van der Waals surface area contributed by atoms with Crippen molar-refractivity contribution in [2.24, 2.45) is 0 Å². The predicted molar refractivity (Wildman–Crippen MR) is 120 cm³/mol. The number of rotatable bonds is 9. The summed E-state index contributed by atoms with van der Waals surface area (Å²) in [5.41, 5.74) is 2.19. The molecule has 172 valence electrons. The van der Waals surface area contributed by atoms with Gasteiger partial charge in [0.25, 0.3) is 11.8 Å². The van der Waals surface area contributed by atoms with E-state index in [4.69, 9.17) is 9.47 Å². The SMILES string of the molecule is CCCCc1ccc(C(=O)COC(=O)c2ccc3c(c2)C(=O)N(CC2CCCO2)C3=O)cc1. The number of carbonyl (C=O) groups is 4. The molecule has 0 aliphatic carbocycles. The highest BCUT2D eigenvalue weighted by atomic mass is 16.5. The molecule has 1 saturated heterocycles. The van der Waals surface area contributed by atoms with Gasteiger partial charge in [-0.2, -0.15) is 0 Å². The van der Waals surface area contributed by atoms with Crippen LogP contribution in [0.25, 0.3) is 0 Å². The summed E-state index contributed by atoms with van der Waals surface area (Å²) in [6.45, 7) is 2.56. The third-order valence-electron chi connectivity index (χ3n) is 6.05. The van der Waals surface area contributed by atoms with E-state index < -0.39 is 18.5 Å². The Labute approximate surface area is 192 Å². The number of hydrogen-bond acceptors (Lipinski definition) is 6. The van der Waals surface area contributed by atoms with E-state index >= 15 is 0 Å².